The number of nitrogens with one attached hydrogen (secondary N) is 2. The van der Waals surface area contributed by atoms with Gasteiger partial charge in [0.2, 0.25) is 5.91 Å². The van der Waals surface area contributed by atoms with E-state index in [1.165, 1.54) is 19.9 Å². The number of anilines is 2. The average molecular weight is 361 g/mol. The third kappa shape index (κ3) is 5.61. The number of ether oxygens (including phenoxy) is 1. The summed E-state index contributed by atoms with van der Waals surface area (Å²) in [6, 6.07) is 12.9. The molecule has 2 rings (SSSR count). The van der Waals surface area contributed by atoms with Crippen LogP contribution in [0.1, 0.15) is 24.2 Å². The summed E-state index contributed by atoms with van der Waals surface area (Å²) in [7, 11) is 0. The maximum Gasteiger partial charge on any atom is 0.338 e. The van der Waals surface area contributed by atoms with Crippen molar-refractivity contribution in [2.24, 2.45) is 0 Å². The molecule has 0 saturated carbocycles. The largest absolute Gasteiger partial charge is 0.449 e. The monoisotopic (exact) mass is 360 g/mol. The van der Waals surface area contributed by atoms with Gasteiger partial charge in [0.25, 0.3) is 5.91 Å². The first-order valence-electron chi connectivity index (χ1n) is 7.50. The lowest BCUT2D eigenvalue weighted by atomic mass is 10.2. The van der Waals surface area contributed by atoms with Gasteiger partial charge in [-0.2, -0.15) is 0 Å². The first-order valence-corrected chi connectivity index (χ1v) is 7.88. The van der Waals surface area contributed by atoms with E-state index in [1.54, 1.807) is 42.5 Å². The van der Waals surface area contributed by atoms with Crippen LogP contribution < -0.4 is 10.6 Å². The summed E-state index contributed by atoms with van der Waals surface area (Å²) in [4.78, 5) is 35.1. The van der Waals surface area contributed by atoms with E-state index in [9.17, 15) is 14.4 Å². The maximum absolute atomic E-state index is 12.1. The fourth-order valence-electron chi connectivity index (χ4n) is 1.98. The molecule has 0 saturated heterocycles. The van der Waals surface area contributed by atoms with E-state index in [1.807, 2.05) is 0 Å². The van der Waals surface area contributed by atoms with Crippen LogP contribution in [0.15, 0.2) is 48.5 Å². The van der Waals surface area contributed by atoms with Crippen LogP contribution in [-0.2, 0) is 14.3 Å². The van der Waals surface area contributed by atoms with Crippen LogP contribution in [0.2, 0.25) is 5.02 Å². The highest BCUT2D eigenvalue weighted by Gasteiger charge is 2.19. The molecule has 7 heteroatoms. The van der Waals surface area contributed by atoms with Gasteiger partial charge >= 0.3 is 5.97 Å². The van der Waals surface area contributed by atoms with Crippen LogP contribution in [0, 0.1) is 0 Å². The SMILES string of the molecule is CC(=O)Nc1ccc(NC(=O)[C@H](C)OC(=O)c2cccc(Cl)c2)cc1. The van der Waals surface area contributed by atoms with Crippen LogP contribution in [0.5, 0.6) is 0 Å². The Balaban J connectivity index is 1.93. The molecule has 0 aliphatic carbocycles. The molecule has 2 N–H and O–H groups in total. The van der Waals surface area contributed by atoms with Crippen molar-refractivity contribution in [3.8, 4) is 0 Å². The molecular weight excluding hydrogens is 344 g/mol. The fraction of sp³-hybridized carbons (Fsp3) is 0.167. The third-order valence-electron chi connectivity index (χ3n) is 3.19. The molecular formula is C18H17ClN2O4. The fourth-order valence-corrected chi connectivity index (χ4v) is 2.17. The van der Waals surface area contributed by atoms with Gasteiger partial charge in [0.15, 0.2) is 6.10 Å². The minimum atomic E-state index is -0.985. The van der Waals surface area contributed by atoms with Crippen LogP contribution in [0.4, 0.5) is 11.4 Å². The maximum atomic E-state index is 12.1. The number of benzene rings is 2. The molecule has 2 aromatic rings. The highest BCUT2D eigenvalue weighted by atomic mass is 35.5. The number of amides is 2. The molecule has 130 valence electrons. The molecule has 0 bridgehead atoms. The van der Waals surface area contributed by atoms with Crippen molar-refractivity contribution in [1.82, 2.24) is 0 Å². The van der Waals surface area contributed by atoms with Crippen LogP contribution in [0.25, 0.3) is 0 Å². The number of carbonyl (C=O) groups excluding carboxylic acids is 3. The molecule has 0 spiro atoms. The first kappa shape index (κ1) is 18.5. The second-order valence-electron chi connectivity index (χ2n) is 5.31. The molecule has 2 aromatic carbocycles. The summed E-state index contributed by atoms with van der Waals surface area (Å²) in [5, 5.41) is 5.67. The van der Waals surface area contributed by atoms with Gasteiger partial charge < -0.3 is 15.4 Å². The molecule has 0 aromatic heterocycles. The second-order valence-corrected chi connectivity index (χ2v) is 5.74. The van der Waals surface area contributed by atoms with Crippen molar-refractivity contribution >= 4 is 40.8 Å². The lowest BCUT2D eigenvalue weighted by Crippen LogP contribution is -2.30. The smallest absolute Gasteiger partial charge is 0.338 e. The summed E-state index contributed by atoms with van der Waals surface area (Å²) < 4.78 is 5.14. The Kier molecular flexibility index (Phi) is 6.14. The summed E-state index contributed by atoms with van der Waals surface area (Å²) in [5.74, 6) is -1.29. The molecule has 0 heterocycles. The Morgan fingerprint density at radius 3 is 2.16 bits per heavy atom. The van der Waals surface area contributed by atoms with Crippen LogP contribution in [0.3, 0.4) is 0 Å². The van der Waals surface area contributed by atoms with Gasteiger partial charge in [-0.3, -0.25) is 9.59 Å². The van der Waals surface area contributed by atoms with Gasteiger partial charge in [0.1, 0.15) is 0 Å². The van der Waals surface area contributed by atoms with Crippen molar-refractivity contribution in [2.45, 2.75) is 20.0 Å². The molecule has 1 atom stereocenters. The van der Waals surface area contributed by atoms with E-state index in [-0.39, 0.29) is 11.5 Å². The normalized spacial score (nSPS) is 11.3. The standard InChI is InChI=1S/C18H17ClN2O4/c1-11(25-18(24)13-4-3-5-14(19)10-13)17(23)21-16-8-6-15(7-9-16)20-12(2)22/h3-11H,1-2H3,(H,20,22)(H,21,23)/t11-/m0/s1. The topological polar surface area (TPSA) is 84.5 Å². The van der Waals surface area contributed by atoms with Crippen molar-refractivity contribution < 1.29 is 19.1 Å². The number of esters is 1. The van der Waals surface area contributed by atoms with E-state index >= 15 is 0 Å². The molecule has 0 fully saturated rings. The quantitative estimate of drug-likeness (QED) is 0.799. The number of carbonyl (C=O) groups is 3. The molecule has 2 amide bonds. The average Bonchev–Trinajstić information content (AvgIpc) is 2.56. The summed E-state index contributed by atoms with van der Waals surface area (Å²) in [6.45, 7) is 2.88. The zero-order chi connectivity index (χ0) is 18.4. The molecule has 0 radical (unpaired) electrons. The van der Waals surface area contributed by atoms with Gasteiger partial charge in [-0.25, -0.2) is 4.79 Å². The zero-order valence-electron chi connectivity index (χ0n) is 13.7. The van der Waals surface area contributed by atoms with E-state index in [0.717, 1.165) is 0 Å². The summed E-state index contributed by atoms with van der Waals surface area (Å²) in [5.41, 5.74) is 1.41. The van der Waals surface area contributed by atoms with E-state index in [4.69, 9.17) is 16.3 Å². The zero-order valence-corrected chi connectivity index (χ0v) is 14.5. The van der Waals surface area contributed by atoms with Crippen LogP contribution >= 0.6 is 11.6 Å². The number of rotatable bonds is 5. The lowest BCUT2D eigenvalue weighted by Gasteiger charge is -2.14. The van der Waals surface area contributed by atoms with Crippen molar-refractivity contribution in [3.05, 3.63) is 59.1 Å². The van der Waals surface area contributed by atoms with Crippen molar-refractivity contribution in [2.75, 3.05) is 10.6 Å². The lowest BCUT2D eigenvalue weighted by molar-refractivity contribution is -0.123. The Morgan fingerprint density at radius 2 is 1.60 bits per heavy atom. The highest BCUT2D eigenvalue weighted by Crippen LogP contribution is 2.15. The van der Waals surface area contributed by atoms with Crippen LogP contribution in [-0.4, -0.2) is 23.9 Å². The molecule has 0 aliphatic heterocycles. The molecule has 0 aliphatic rings. The Morgan fingerprint density at radius 1 is 1.00 bits per heavy atom. The van der Waals surface area contributed by atoms with Crippen molar-refractivity contribution in [1.29, 1.82) is 0 Å². The van der Waals surface area contributed by atoms with E-state index in [0.29, 0.717) is 16.4 Å². The van der Waals surface area contributed by atoms with E-state index < -0.39 is 18.0 Å². The third-order valence-corrected chi connectivity index (χ3v) is 3.42. The number of hydrogen-bond donors (Lipinski definition) is 2. The van der Waals surface area contributed by atoms with Gasteiger partial charge in [-0.15, -0.1) is 0 Å². The predicted octanol–water partition coefficient (Wildman–Crippen LogP) is 3.48. The van der Waals surface area contributed by atoms with Gasteiger partial charge in [0, 0.05) is 23.3 Å². The summed E-state index contributed by atoms with van der Waals surface area (Å²) in [6.07, 6.45) is -0.985. The molecule has 25 heavy (non-hydrogen) atoms. The van der Waals surface area contributed by atoms with Crippen molar-refractivity contribution in [3.63, 3.8) is 0 Å². The Bertz CT molecular complexity index is 790. The second kappa shape index (κ2) is 8.30. The Labute approximate surface area is 150 Å². The molecule has 0 unspecified atom stereocenters. The minimum absolute atomic E-state index is 0.182. The number of halogens is 1. The Hall–Kier alpha value is -2.86. The predicted molar refractivity (Wildman–Crippen MR) is 95.7 cm³/mol. The van der Waals surface area contributed by atoms with Gasteiger partial charge in [-0.05, 0) is 49.4 Å². The van der Waals surface area contributed by atoms with Gasteiger partial charge in [0.05, 0.1) is 5.56 Å². The van der Waals surface area contributed by atoms with E-state index in [2.05, 4.69) is 10.6 Å². The highest BCUT2D eigenvalue weighted by molar-refractivity contribution is 6.30. The first-order chi connectivity index (χ1) is 11.8. The molecule has 6 nitrogen and oxygen atoms in total. The summed E-state index contributed by atoms with van der Waals surface area (Å²) >= 11 is 5.83. The number of hydrogen-bond acceptors (Lipinski definition) is 4. The minimum Gasteiger partial charge on any atom is -0.449 e. The van der Waals surface area contributed by atoms with Gasteiger partial charge in [-0.1, -0.05) is 17.7 Å².